The molecule has 2 aliphatic heterocycles. The number of Topliss-reactive ketones (excluding diaryl/α,β-unsaturated/α-hetero) is 1. The van der Waals surface area contributed by atoms with E-state index in [0.29, 0.717) is 67.6 Å². The number of hydrogen-bond donors (Lipinski definition) is 4. The molecule has 0 spiro atoms. The molecule has 4 aromatic carbocycles. The number of carbonyl (C=O) groups is 4. The average molecular weight is 1090 g/mol. The van der Waals surface area contributed by atoms with Crippen LogP contribution in [0.5, 0.6) is 11.5 Å². The summed E-state index contributed by atoms with van der Waals surface area (Å²) in [6.45, 7) is 8.15. The van der Waals surface area contributed by atoms with Crippen LogP contribution in [0.25, 0.3) is 5.69 Å². The van der Waals surface area contributed by atoms with Crippen LogP contribution in [-0.2, 0) is 32.2 Å². The Morgan fingerprint density at radius 1 is 0.872 bits per heavy atom. The molecule has 0 saturated carbocycles. The van der Waals surface area contributed by atoms with Crippen molar-refractivity contribution in [3.05, 3.63) is 119 Å². The lowest BCUT2D eigenvalue weighted by molar-refractivity contribution is -0.141. The van der Waals surface area contributed by atoms with Gasteiger partial charge in [0.25, 0.3) is 11.8 Å². The first-order valence-electron chi connectivity index (χ1n) is 25.2. The molecular formula is C54H58F3N11O9S. The number of primary amides is 1. The van der Waals surface area contributed by atoms with Gasteiger partial charge >= 0.3 is 6.18 Å². The van der Waals surface area contributed by atoms with Gasteiger partial charge in [-0.1, -0.05) is 26.0 Å². The third-order valence-electron chi connectivity index (χ3n) is 13.5. The Morgan fingerprint density at radius 2 is 1.59 bits per heavy atom. The summed E-state index contributed by atoms with van der Waals surface area (Å²) in [5.74, 6) is -0.950. The molecule has 0 atom stereocenters. The first-order valence-corrected chi connectivity index (χ1v) is 27.0. The largest absolute Gasteiger partial charge is 0.492 e. The number of piperidine rings is 1. The number of benzene rings is 4. The van der Waals surface area contributed by atoms with Crippen molar-refractivity contribution in [2.75, 3.05) is 84.1 Å². The van der Waals surface area contributed by atoms with Crippen LogP contribution in [0.15, 0.2) is 91.1 Å². The molecule has 2 aromatic heterocycles. The molecule has 1 saturated heterocycles. The fraction of sp³-hybridized carbons (Fsp3) is 0.352. The molecule has 410 valence electrons. The van der Waals surface area contributed by atoms with Gasteiger partial charge in [0.1, 0.15) is 23.8 Å². The van der Waals surface area contributed by atoms with Gasteiger partial charge in [0.15, 0.2) is 17.3 Å². The van der Waals surface area contributed by atoms with E-state index in [4.69, 9.17) is 19.9 Å². The Kier molecular flexibility index (Phi) is 15.4. The Bertz CT molecular complexity index is 3400. The maximum Gasteiger partial charge on any atom is 0.435 e. The van der Waals surface area contributed by atoms with E-state index in [1.807, 2.05) is 25.1 Å². The SMILES string of the molecule is CCOc1cc(N2CCC(C(=O)NCCOCCOc3ccc(Nc4ccc(-n5nc(C(F)(F)F)c6c5CC(C)(C)CC6=O)cc4C(N)=O)cc3)CC2)ccc1Nc1ncc2c(n1)N(S(C)(=O)=O)c1ccccc1C(=O)N2C. The standard InChI is InChI=1S/C54H58F3N11O9S/c1-6-76-45-28-34(13-18-40(45)62-52-60-31-43-49(63-52)68(78(5,73)74)41-10-8-7-9-37(41)51(72)65(43)4)66-22-19-32(20-23-66)50(71)59-21-24-75-25-26-77-36-15-11-33(12-16-36)61-39-17-14-35(27-38(39)48(58)70)67-42-29-53(2,3)30-44(69)46(42)47(64-67)54(55,56)57/h7-18,27-28,31-32,61H,6,19-26,29-30H2,1-5H3,(H2,58,70)(H,59,71)(H,60,62,63). The van der Waals surface area contributed by atoms with Crippen molar-refractivity contribution in [2.24, 2.45) is 17.1 Å². The van der Waals surface area contributed by atoms with Crippen LogP contribution in [0.4, 0.5) is 59.1 Å². The molecule has 0 unspecified atom stereocenters. The molecule has 0 bridgehead atoms. The van der Waals surface area contributed by atoms with Crippen molar-refractivity contribution in [3.8, 4) is 17.2 Å². The molecule has 24 heteroatoms. The third-order valence-corrected chi connectivity index (χ3v) is 14.6. The number of sulfonamides is 1. The van der Waals surface area contributed by atoms with Gasteiger partial charge in [-0.15, -0.1) is 0 Å². The number of rotatable bonds is 18. The number of nitrogens with zero attached hydrogens (tertiary/aromatic N) is 7. The summed E-state index contributed by atoms with van der Waals surface area (Å²) in [6, 6.07) is 23.3. The number of halogens is 3. The Labute approximate surface area is 448 Å². The third kappa shape index (κ3) is 11.7. The predicted molar refractivity (Wildman–Crippen MR) is 287 cm³/mol. The van der Waals surface area contributed by atoms with E-state index in [0.717, 1.165) is 20.9 Å². The zero-order chi connectivity index (χ0) is 55.7. The van der Waals surface area contributed by atoms with E-state index in [2.05, 4.69) is 35.9 Å². The molecule has 0 radical (unpaired) electrons. The number of ether oxygens (including phenoxy) is 3. The summed E-state index contributed by atoms with van der Waals surface area (Å²) in [7, 11) is -2.41. The first kappa shape index (κ1) is 54.5. The second-order valence-corrected chi connectivity index (χ2v) is 21.7. The summed E-state index contributed by atoms with van der Waals surface area (Å²) in [4.78, 5) is 64.6. The number of fused-ring (bicyclic) bond motifs is 3. The Balaban J connectivity index is 0.722. The monoisotopic (exact) mass is 1090 g/mol. The first-order chi connectivity index (χ1) is 37.1. The molecular weight excluding hydrogens is 1040 g/mol. The van der Waals surface area contributed by atoms with E-state index >= 15 is 0 Å². The van der Waals surface area contributed by atoms with Crippen LogP contribution in [0, 0.1) is 11.3 Å². The van der Waals surface area contributed by atoms with Gasteiger partial charge in [0.05, 0.1) is 77.4 Å². The second kappa shape index (κ2) is 22.0. The van der Waals surface area contributed by atoms with E-state index in [9.17, 15) is 40.8 Å². The molecule has 9 rings (SSSR count). The van der Waals surface area contributed by atoms with Crippen molar-refractivity contribution >= 4 is 79.4 Å². The number of nitrogens with one attached hydrogen (secondary N) is 3. The summed E-state index contributed by atoms with van der Waals surface area (Å²) >= 11 is 0. The Hall–Kier alpha value is -8.25. The van der Waals surface area contributed by atoms with Crippen molar-refractivity contribution in [1.29, 1.82) is 0 Å². The maximum absolute atomic E-state index is 14.0. The van der Waals surface area contributed by atoms with Crippen LogP contribution in [-0.4, -0.2) is 111 Å². The number of carbonyl (C=O) groups excluding carboxylic acids is 4. The normalized spacial score (nSPS) is 15.5. The van der Waals surface area contributed by atoms with Gasteiger partial charge in [-0.25, -0.2) is 22.4 Å². The van der Waals surface area contributed by atoms with Gasteiger partial charge in [-0.05, 0) is 98.3 Å². The molecule has 3 amide bonds. The van der Waals surface area contributed by atoms with Crippen LogP contribution in [0.1, 0.15) is 82.5 Å². The molecule has 3 aliphatic rings. The maximum atomic E-state index is 14.0. The predicted octanol–water partition coefficient (Wildman–Crippen LogP) is 7.94. The van der Waals surface area contributed by atoms with E-state index in [-0.39, 0.29) is 90.1 Å². The minimum absolute atomic E-state index is 0.00361. The fourth-order valence-electron chi connectivity index (χ4n) is 9.83. The molecule has 20 nitrogen and oxygen atoms in total. The lowest BCUT2D eigenvalue weighted by Gasteiger charge is -2.33. The number of amides is 3. The average Bonchev–Trinajstić information content (AvgIpc) is 3.86. The number of alkyl halides is 3. The molecule has 5 N–H and O–H groups in total. The number of aromatic nitrogens is 4. The summed E-state index contributed by atoms with van der Waals surface area (Å²) in [5, 5.41) is 13.1. The molecule has 4 heterocycles. The zero-order valence-corrected chi connectivity index (χ0v) is 44.3. The van der Waals surface area contributed by atoms with Crippen molar-refractivity contribution in [2.45, 2.75) is 52.6 Å². The van der Waals surface area contributed by atoms with Gasteiger partial charge in [-0.2, -0.15) is 23.3 Å². The highest BCUT2D eigenvalue weighted by molar-refractivity contribution is 7.92. The van der Waals surface area contributed by atoms with Gasteiger partial charge in [0, 0.05) is 56.5 Å². The lowest BCUT2D eigenvalue weighted by Crippen LogP contribution is -2.41. The molecule has 1 fully saturated rings. The van der Waals surface area contributed by atoms with Crippen molar-refractivity contribution in [1.82, 2.24) is 25.1 Å². The lowest BCUT2D eigenvalue weighted by atomic mass is 9.75. The van der Waals surface area contributed by atoms with Crippen molar-refractivity contribution < 1.29 is 55.0 Å². The molecule has 1 aliphatic carbocycles. The molecule has 78 heavy (non-hydrogen) atoms. The highest BCUT2D eigenvalue weighted by Gasteiger charge is 2.46. The van der Waals surface area contributed by atoms with Crippen LogP contribution in [0.3, 0.4) is 0 Å². The van der Waals surface area contributed by atoms with Crippen LogP contribution in [0.2, 0.25) is 0 Å². The highest BCUT2D eigenvalue weighted by atomic mass is 32.2. The van der Waals surface area contributed by atoms with Gasteiger partial charge < -0.3 is 45.7 Å². The number of anilines is 8. The van der Waals surface area contributed by atoms with Gasteiger partial charge in [0.2, 0.25) is 21.9 Å². The zero-order valence-electron chi connectivity index (χ0n) is 43.4. The van der Waals surface area contributed by atoms with Crippen molar-refractivity contribution in [3.63, 3.8) is 0 Å². The summed E-state index contributed by atoms with van der Waals surface area (Å²) in [6.07, 6.45) is -1.03. The van der Waals surface area contributed by atoms with Crippen LogP contribution < -0.4 is 45.3 Å². The number of nitrogens with two attached hydrogens (primary N) is 1. The smallest absolute Gasteiger partial charge is 0.435 e. The minimum atomic E-state index is -4.86. The molecule has 6 aromatic rings. The second-order valence-electron chi connectivity index (χ2n) is 19.8. The number of ketones is 1. The summed E-state index contributed by atoms with van der Waals surface area (Å²) < 4.78 is 88.2. The fourth-order valence-corrected chi connectivity index (χ4v) is 10.8. The topological polar surface area (TPSA) is 246 Å². The minimum Gasteiger partial charge on any atom is -0.492 e. The number of para-hydroxylation sites is 1. The van der Waals surface area contributed by atoms with E-state index in [1.54, 1.807) is 62.4 Å². The summed E-state index contributed by atoms with van der Waals surface area (Å²) in [5.41, 5.74) is 6.61. The van der Waals surface area contributed by atoms with E-state index in [1.165, 1.54) is 36.3 Å². The number of hydrogen-bond acceptors (Lipinski definition) is 15. The van der Waals surface area contributed by atoms with Gasteiger partial charge in [-0.3, -0.25) is 19.2 Å². The van der Waals surface area contributed by atoms with Crippen LogP contribution >= 0.6 is 0 Å². The highest BCUT2D eigenvalue weighted by Crippen LogP contribution is 2.44. The van der Waals surface area contributed by atoms with E-state index < -0.39 is 50.5 Å². The Morgan fingerprint density at radius 3 is 2.29 bits per heavy atom. The quantitative estimate of drug-likeness (QED) is 0.0597.